The number of nitrogens with zero attached hydrogens (tertiary/aromatic N) is 1. The van der Waals surface area contributed by atoms with Gasteiger partial charge >= 0.3 is 0 Å². The Bertz CT molecular complexity index is 1190. The van der Waals surface area contributed by atoms with Gasteiger partial charge in [-0.15, -0.1) is 0 Å². The Balaban J connectivity index is 0.000000383. The van der Waals surface area contributed by atoms with Crippen molar-refractivity contribution in [1.82, 2.24) is 10.6 Å². The van der Waals surface area contributed by atoms with E-state index < -0.39 is 15.8 Å². The molecule has 1 saturated carbocycles. The van der Waals surface area contributed by atoms with Crippen LogP contribution in [0.25, 0.3) is 5.57 Å². The van der Waals surface area contributed by atoms with Crippen LogP contribution in [0, 0.1) is 5.92 Å². The molecular weight excluding hydrogens is 554 g/mol. The Morgan fingerprint density at radius 1 is 1.19 bits per heavy atom. The molecule has 1 aliphatic heterocycles. The van der Waals surface area contributed by atoms with Crippen molar-refractivity contribution in [3.8, 4) is 0 Å². The zero-order valence-corrected chi connectivity index (χ0v) is 28.7. The van der Waals surface area contributed by atoms with E-state index in [9.17, 15) is 14.1 Å². The molecule has 43 heavy (non-hydrogen) atoms. The molecule has 242 valence electrons. The van der Waals surface area contributed by atoms with Crippen LogP contribution in [-0.2, 0) is 14.5 Å². The van der Waals surface area contributed by atoms with E-state index in [2.05, 4.69) is 82.3 Å². The Kier molecular flexibility index (Phi) is 18.7. The number of allylic oxidation sites excluding steroid dienone is 5. The van der Waals surface area contributed by atoms with Gasteiger partial charge in [0.25, 0.3) is 0 Å². The summed E-state index contributed by atoms with van der Waals surface area (Å²) in [6.45, 7) is 17.4. The third-order valence-electron chi connectivity index (χ3n) is 7.81. The first-order chi connectivity index (χ1) is 20.6. The number of anilines is 1. The first kappa shape index (κ1) is 38.3. The van der Waals surface area contributed by atoms with E-state index in [0.29, 0.717) is 30.9 Å². The van der Waals surface area contributed by atoms with Gasteiger partial charge in [0.1, 0.15) is 0 Å². The molecule has 4 atom stereocenters. The quantitative estimate of drug-likeness (QED) is 0.130. The lowest BCUT2D eigenvalue weighted by Gasteiger charge is -2.27. The maximum Gasteiger partial charge on any atom is 0.207 e. The first-order valence-electron chi connectivity index (χ1n) is 16.1. The molecule has 0 radical (unpaired) electrons. The summed E-state index contributed by atoms with van der Waals surface area (Å²) in [5, 5.41) is 16.2. The van der Waals surface area contributed by atoms with Gasteiger partial charge in [-0.25, -0.2) is 4.21 Å². The number of fused-ring (bicyclic) bond motifs is 2. The van der Waals surface area contributed by atoms with Gasteiger partial charge in [-0.3, -0.25) is 4.79 Å². The number of hydrogen-bond donors (Lipinski definition) is 3. The number of aliphatic hydroxyl groups excluding tert-OH is 1. The van der Waals surface area contributed by atoms with Crippen LogP contribution in [0.3, 0.4) is 0 Å². The number of aliphatic hydroxyl groups is 1. The van der Waals surface area contributed by atoms with Crippen molar-refractivity contribution in [3.05, 3.63) is 72.5 Å². The fourth-order valence-electron chi connectivity index (χ4n) is 4.49. The third kappa shape index (κ3) is 13.6. The van der Waals surface area contributed by atoms with E-state index in [0.717, 1.165) is 43.5 Å². The molecule has 1 heterocycles. The second kappa shape index (κ2) is 21.0. The number of nitrogens with one attached hydrogen (secondary N) is 2. The molecule has 1 aliphatic carbocycles. The number of amides is 1. The highest BCUT2D eigenvalue weighted by Gasteiger charge is 2.28. The van der Waals surface area contributed by atoms with Crippen molar-refractivity contribution in [3.63, 3.8) is 0 Å². The van der Waals surface area contributed by atoms with E-state index in [4.69, 9.17) is 0 Å². The second-order valence-corrected chi connectivity index (χ2v) is 14.2. The maximum absolute atomic E-state index is 13.3. The highest BCUT2D eigenvalue weighted by atomic mass is 32.2. The Morgan fingerprint density at radius 3 is 2.44 bits per heavy atom. The van der Waals surface area contributed by atoms with Gasteiger partial charge < -0.3 is 20.0 Å². The maximum atomic E-state index is 13.3. The molecule has 1 amide bonds. The van der Waals surface area contributed by atoms with E-state index >= 15 is 0 Å². The standard InChI is InChI=1S/C16H22N2OS.C16H27NO2.C4H10/c1-3-13-12-17-9-10-20(19,16-7-8-16)18(2)15-6-4-5-14(13)11-15;1-5-7-8-9-14(4)10-15(17-12-18)16(19)11-13(3)6-2;1-3-4-2/h4-6,11-12,17H,3,7-10H2,1-2H3;5,7-9,12-13,15-16,19H,4,6,10-11H2,1-3H3,(H,17,18);3-4H2,1-2H3/b13-12-;7-5-,9-8-;. The SMILES string of the molecule is C=C(/C=C\C=C/C)CC(NC=O)C(O)CC(C)CC.CC/C1=C/NCCS(=O)(=C2CC2)N(C)c2cccc1c2.CCCC. The lowest BCUT2D eigenvalue weighted by atomic mass is 9.93. The smallest absolute Gasteiger partial charge is 0.207 e. The van der Waals surface area contributed by atoms with Crippen molar-refractivity contribution >= 4 is 32.2 Å². The average molecular weight is 614 g/mol. The van der Waals surface area contributed by atoms with Gasteiger partial charge in [-0.05, 0) is 68.2 Å². The molecular formula is C36H59N3O3S. The predicted octanol–water partition coefficient (Wildman–Crippen LogP) is 7.43. The summed E-state index contributed by atoms with van der Waals surface area (Å²) in [5.74, 6) is 1.13. The van der Waals surface area contributed by atoms with Gasteiger partial charge in [0, 0.05) is 30.3 Å². The number of benzene rings is 1. The third-order valence-corrected chi connectivity index (χ3v) is 11.0. The summed E-state index contributed by atoms with van der Waals surface area (Å²) in [7, 11) is -0.0614. The minimum Gasteiger partial charge on any atom is -0.391 e. The van der Waals surface area contributed by atoms with Crippen LogP contribution in [0.1, 0.15) is 98.5 Å². The van der Waals surface area contributed by atoms with E-state index in [1.165, 1.54) is 28.8 Å². The monoisotopic (exact) mass is 613 g/mol. The average Bonchev–Trinajstić information content (AvgIpc) is 3.87. The van der Waals surface area contributed by atoms with Crippen LogP contribution >= 0.6 is 0 Å². The molecule has 1 fully saturated rings. The number of carbonyl (C=O) groups is 1. The van der Waals surface area contributed by atoms with Crippen molar-refractivity contribution in [1.29, 1.82) is 0 Å². The molecule has 0 spiro atoms. The molecule has 0 saturated heterocycles. The summed E-state index contributed by atoms with van der Waals surface area (Å²) in [6, 6.07) is 8.14. The summed E-state index contributed by atoms with van der Waals surface area (Å²) < 4.78 is 15.3. The van der Waals surface area contributed by atoms with Crippen LogP contribution in [0.5, 0.6) is 0 Å². The van der Waals surface area contributed by atoms with E-state index in [-0.39, 0.29) is 6.04 Å². The van der Waals surface area contributed by atoms with Gasteiger partial charge in [0.2, 0.25) is 6.41 Å². The molecule has 3 rings (SSSR count). The Hall–Kier alpha value is -2.77. The van der Waals surface area contributed by atoms with E-state index in [1.807, 2.05) is 42.6 Å². The summed E-state index contributed by atoms with van der Waals surface area (Å²) in [4.78, 5) is 11.9. The number of hydrogen-bond acceptors (Lipinski definition) is 4. The molecule has 6 nitrogen and oxygen atoms in total. The molecule has 2 bridgehead atoms. The van der Waals surface area contributed by atoms with Crippen molar-refractivity contribution < 1.29 is 14.1 Å². The van der Waals surface area contributed by atoms with Crippen LogP contribution in [0.15, 0.2) is 66.9 Å². The minimum atomic E-state index is -2.04. The topological polar surface area (TPSA) is 81.7 Å². The zero-order valence-electron chi connectivity index (χ0n) is 27.9. The lowest BCUT2D eigenvalue weighted by Crippen LogP contribution is -2.40. The molecule has 7 heteroatoms. The summed E-state index contributed by atoms with van der Waals surface area (Å²) in [6.07, 6.45) is 17.8. The fraction of sp³-hybridized carbons (Fsp3) is 0.556. The first-order valence-corrected chi connectivity index (χ1v) is 17.8. The zero-order chi connectivity index (χ0) is 32.3. The normalized spacial score (nSPS) is 21.2. The molecule has 2 aliphatic rings. The molecule has 0 aromatic heterocycles. The number of carbonyl (C=O) groups excluding carboxylic acids is 1. The van der Waals surface area contributed by atoms with Crippen LogP contribution < -0.4 is 14.9 Å². The van der Waals surface area contributed by atoms with Gasteiger partial charge in [-0.1, -0.05) is 102 Å². The largest absolute Gasteiger partial charge is 0.391 e. The Morgan fingerprint density at radius 2 is 1.88 bits per heavy atom. The molecule has 3 N–H and O–H groups in total. The summed E-state index contributed by atoms with van der Waals surface area (Å²) in [5.41, 5.74) is 4.47. The van der Waals surface area contributed by atoms with Crippen LogP contribution in [-0.4, -0.2) is 52.1 Å². The summed E-state index contributed by atoms with van der Waals surface area (Å²) >= 11 is 0. The Labute approximate surface area is 263 Å². The van der Waals surface area contributed by atoms with Gasteiger partial charge in [-0.2, -0.15) is 0 Å². The lowest BCUT2D eigenvalue weighted by molar-refractivity contribution is -0.111. The van der Waals surface area contributed by atoms with E-state index in [1.54, 1.807) is 0 Å². The van der Waals surface area contributed by atoms with Crippen LogP contribution in [0.2, 0.25) is 0 Å². The van der Waals surface area contributed by atoms with Crippen LogP contribution in [0.4, 0.5) is 5.69 Å². The molecule has 1 aromatic carbocycles. The second-order valence-electron chi connectivity index (χ2n) is 11.4. The van der Waals surface area contributed by atoms with Crippen molar-refractivity contribution in [2.45, 2.75) is 105 Å². The highest BCUT2D eigenvalue weighted by Crippen LogP contribution is 2.29. The highest BCUT2D eigenvalue weighted by molar-refractivity contribution is 8.04. The predicted molar refractivity (Wildman–Crippen MR) is 190 cm³/mol. The fourth-order valence-corrected chi connectivity index (χ4v) is 7.03. The van der Waals surface area contributed by atoms with Gasteiger partial charge in [0.15, 0.2) is 0 Å². The minimum absolute atomic E-state index is 0.269. The van der Waals surface area contributed by atoms with Crippen molar-refractivity contribution in [2.75, 3.05) is 23.7 Å². The molecule has 4 unspecified atom stereocenters. The van der Waals surface area contributed by atoms with Gasteiger partial charge in [0.05, 0.1) is 27.6 Å². The number of rotatable bonds is 12. The molecule has 1 aromatic rings. The van der Waals surface area contributed by atoms with Crippen molar-refractivity contribution in [2.24, 2.45) is 5.92 Å². The number of unbranched alkanes of at least 4 members (excludes halogenated alkanes) is 1.